The van der Waals surface area contributed by atoms with Gasteiger partial charge in [0.1, 0.15) is 6.23 Å². The molecule has 18 heavy (non-hydrogen) atoms. The number of nitrogens with two attached hydrogens (primary N) is 2. The monoisotopic (exact) mass is 280 g/mol. The minimum atomic E-state index is -2.99. The fourth-order valence-corrected chi connectivity index (χ4v) is 2.79. The van der Waals surface area contributed by atoms with Crippen LogP contribution in [-0.2, 0) is 13.6 Å². The SMILES string of the molecule is CCCCOP(=O)(CC)OC(N)CCCCCN. The van der Waals surface area contributed by atoms with Crippen LogP contribution in [0.4, 0.5) is 0 Å². The second kappa shape index (κ2) is 10.9. The highest BCUT2D eigenvalue weighted by Crippen LogP contribution is 2.48. The zero-order valence-corrected chi connectivity index (χ0v) is 12.7. The first-order valence-electron chi connectivity index (χ1n) is 6.95. The average molecular weight is 280 g/mol. The van der Waals surface area contributed by atoms with Gasteiger partial charge in [-0.25, -0.2) is 0 Å². The third-order valence-electron chi connectivity index (χ3n) is 2.66. The molecule has 0 aliphatic rings. The van der Waals surface area contributed by atoms with Crippen LogP contribution in [0.15, 0.2) is 0 Å². The largest absolute Gasteiger partial charge is 0.331 e. The topological polar surface area (TPSA) is 87.6 Å². The molecule has 0 aliphatic heterocycles. The van der Waals surface area contributed by atoms with Crippen molar-refractivity contribution in [2.24, 2.45) is 11.5 Å². The first kappa shape index (κ1) is 18.1. The maximum absolute atomic E-state index is 12.2. The van der Waals surface area contributed by atoms with Crippen molar-refractivity contribution < 1.29 is 13.6 Å². The van der Waals surface area contributed by atoms with Crippen LogP contribution in [0.1, 0.15) is 52.4 Å². The van der Waals surface area contributed by atoms with Gasteiger partial charge in [-0.1, -0.05) is 26.7 Å². The van der Waals surface area contributed by atoms with E-state index in [4.69, 9.17) is 20.5 Å². The van der Waals surface area contributed by atoms with Gasteiger partial charge in [-0.3, -0.25) is 9.09 Å². The van der Waals surface area contributed by atoms with E-state index in [0.717, 1.165) is 32.1 Å². The maximum atomic E-state index is 12.2. The van der Waals surface area contributed by atoms with Crippen molar-refractivity contribution in [3.05, 3.63) is 0 Å². The van der Waals surface area contributed by atoms with Crippen LogP contribution in [0.5, 0.6) is 0 Å². The molecule has 0 aliphatic carbocycles. The van der Waals surface area contributed by atoms with Crippen molar-refractivity contribution in [2.45, 2.75) is 58.6 Å². The smallest absolute Gasteiger partial charge is 0.330 e. The van der Waals surface area contributed by atoms with Gasteiger partial charge >= 0.3 is 7.60 Å². The Morgan fingerprint density at radius 2 is 1.89 bits per heavy atom. The summed E-state index contributed by atoms with van der Waals surface area (Å²) in [7, 11) is -2.99. The Morgan fingerprint density at radius 1 is 1.17 bits per heavy atom. The molecule has 2 atom stereocenters. The standard InChI is InChI=1S/C12H29N2O3P/c1-3-5-11-16-18(15,4-2)17-12(14)9-7-6-8-10-13/h12H,3-11,13-14H2,1-2H3. The molecule has 6 heteroatoms. The molecule has 0 aromatic heterocycles. The Balaban J connectivity index is 3.90. The van der Waals surface area contributed by atoms with Crippen molar-refractivity contribution in [3.8, 4) is 0 Å². The van der Waals surface area contributed by atoms with Crippen molar-refractivity contribution in [1.29, 1.82) is 0 Å². The van der Waals surface area contributed by atoms with Crippen molar-refractivity contribution in [3.63, 3.8) is 0 Å². The van der Waals surface area contributed by atoms with E-state index in [1.165, 1.54) is 0 Å². The summed E-state index contributed by atoms with van der Waals surface area (Å²) in [5.41, 5.74) is 11.2. The molecule has 110 valence electrons. The second-order valence-electron chi connectivity index (χ2n) is 4.40. The first-order chi connectivity index (χ1) is 8.58. The van der Waals surface area contributed by atoms with Crippen LogP contribution >= 0.6 is 7.60 Å². The van der Waals surface area contributed by atoms with E-state index < -0.39 is 13.8 Å². The summed E-state index contributed by atoms with van der Waals surface area (Å²) in [6, 6.07) is 0. The van der Waals surface area contributed by atoms with Crippen LogP contribution in [0, 0.1) is 0 Å². The molecule has 0 aromatic rings. The third kappa shape index (κ3) is 9.06. The molecule has 0 saturated carbocycles. The lowest BCUT2D eigenvalue weighted by molar-refractivity contribution is 0.141. The molecule has 5 nitrogen and oxygen atoms in total. The van der Waals surface area contributed by atoms with Crippen LogP contribution in [0.3, 0.4) is 0 Å². The van der Waals surface area contributed by atoms with Gasteiger partial charge < -0.3 is 16.0 Å². The highest BCUT2D eigenvalue weighted by molar-refractivity contribution is 7.53. The van der Waals surface area contributed by atoms with Crippen LogP contribution in [-0.4, -0.2) is 25.5 Å². The molecular weight excluding hydrogens is 251 g/mol. The van der Waals surface area contributed by atoms with E-state index in [1.807, 2.05) is 0 Å². The predicted molar refractivity (Wildman–Crippen MR) is 75.6 cm³/mol. The van der Waals surface area contributed by atoms with Gasteiger partial charge in [0.25, 0.3) is 0 Å². The minimum absolute atomic E-state index is 0.368. The summed E-state index contributed by atoms with van der Waals surface area (Å²) >= 11 is 0. The molecule has 0 aromatic carbocycles. The van der Waals surface area contributed by atoms with Crippen LogP contribution in [0.25, 0.3) is 0 Å². The lowest BCUT2D eigenvalue weighted by Gasteiger charge is -2.21. The highest BCUT2D eigenvalue weighted by atomic mass is 31.2. The van der Waals surface area contributed by atoms with E-state index in [9.17, 15) is 4.57 Å². The van der Waals surface area contributed by atoms with E-state index in [2.05, 4.69) is 6.92 Å². The normalized spacial score (nSPS) is 16.4. The predicted octanol–water partition coefficient (Wildman–Crippen LogP) is 2.84. The Hall–Kier alpha value is 0.0700. The van der Waals surface area contributed by atoms with Gasteiger partial charge in [-0.05, 0) is 32.2 Å². The molecule has 0 spiro atoms. The van der Waals surface area contributed by atoms with E-state index in [0.29, 0.717) is 25.7 Å². The zero-order chi connectivity index (χ0) is 13.9. The summed E-state index contributed by atoms with van der Waals surface area (Å²) in [4.78, 5) is 0. The number of unbranched alkanes of at least 4 members (excludes halogenated alkanes) is 3. The van der Waals surface area contributed by atoms with Gasteiger partial charge in [0.2, 0.25) is 0 Å². The molecule has 0 fully saturated rings. The molecule has 2 unspecified atom stereocenters. The summed E-state index contributed by atoms with van der Waals surface area (Å²) < 4.78 is 23.0. The fraction of sp³-hybridized carbons (Fsp3) is 1.00. The Labute approximate surface area is 111 Å². The fourth-order valence-electron chi connectivity index (χ4n) is 1.47. The summed E-state index contributed by atoms with van der Waals surface area (Å²) in [6.07, 6.45) is 5.42. The number of hydrogen-bond donors (Lipinski definition) is 2. The molecule has 0 saturated heterocycles. The summed E-state index contributed by atoms with van der Waals surface area (Å²) in [5, 5.41) is 0. The number of hydrogen-bond acceptors (Lipinski definition) is 5. The van der Waals surface area contributed by atoms with Crippen LogP contribution in [0.2, 0.25) is 0 Å². The average Bonchev–Trinajstić information content (AvgIpc) is 2.35. The van der Waals surface area contributed by atoms with Crippen LogP contribution < -0.4 is 11.5 Å². The van der Waals surface area contributed by atoms with Crippen molar-refractivity contribution >= 4 is 7.60 Å². The Morgan fingerprint density at radius 3 is 2.44 bits per heavy atom. The molecule has 0 amide bonds. The minimum Gasteiger partial charge on any atom is -0.330 e. The zero-order valence-electron chi connectivity index (χ0n) is 11.8. The molecule has 0 rings (SSSR count). The van der Waals surface area contributed by atoms with Gasteiger partial charge in [-0.2, -0.15) is 0 Å². The van der Waals surface area contributed by atoms with E-state index >= 15 is 0 Å². The lowest BCUT2D eigenvalue weighted by atomic mass is 10.2. The highest BCUT2D eigenvalue weighted by Gasteiger charge is 2.24. The van der Waals surface area contributed by atoms with Gasteiger partial charge in [-0.15, -0.1) is 0 Å². The van der Waals surface area contributed by atoms with E-state index in [1.54, 1.807) is 6.92 Å². The summed E-state index contributed by atoms with van der Waals surface area (Å²) in [6.45, 7) is 5.03. The molecule has 4 N–H and O–H groups in total. The van der Waals surface area contributed by atoms with Gasteiger partial charge in [0.05, 0.1) is 6.61 Å². The maximum Gasteiger partial charge on any atom is 0.331 e. The van der Waals surface area contributed by atoms with Gasteiger partial charge in [0.15, 0.2) is 0 Å². The second-order valence-corrected chi connectivity index (χ2v) is 6.72. The number of rotatable bonds is 12. The third-order valence-corrected chi connectivity index (χ3v) is 4.60. The van der Waals surface area contributed by atoms with Gasteiger partial charge in [0, 0.05) is 6.16 Å². The summed E-state index contributed by atoms with van der Waals surface area (Å²) in [5.74, 6) is 0. The van der Waals surface area contributed by atoms with E-state index in [-0.39, 0.29) is 0 Å². The molecule has 0 heterocycles. The molecule has 0 bridgehead atoms. The first-order valence-corrected chi connectivity index (χ1v) is 8.68. The van der Waals surface area contributed by atoms with Crippen molar-refractivity contribution in [2.75, 3.05) is 19.3 Å². The quantitative estimate of drug-likeness (QED) is 0.326. The Bertz CT molecular complexity index is 239. The Kier molecular flexibility index (Phi) is 11.0. The lowest BCUT2D eigenvalue weighted by Crippen LogP contribution is -2.23. The molecule has 0 radical (unpaired) electrons. The molecular formula is C12H29N2O3P. The van der Waals surface area contributed by atoms with Crippen molar-refractivity contribution in [1.82, 2.24) is 0 Å².